The predicted molar refractivity (Wildman–Crippen MR) is 114 cm³/mol. The van der Waals surface area contributed by atoms with Crippen LogP contribution in [0.1, 0.15) is 37.3 Å². The van der Waals surface area contributed by atoms with E-state index in [0.717, 1.165) is 36.9 Å². The summed E-state index contributed by atoms with van der Waals surface area (Å²) in [6.07, 6.45) is 4.19. The van der Waals surface area contributed by atoms with Crippen LogP contribution in [0.3, 0.4) is 0 Å². The number of nitrogens with one attached hydrogen (secondary N) is 2. The highest BCUT2D eigenvalue weighted by molar-refractivity contribution is 5.89. The number of benzene rings is 2. The van der Waals surface area contributed by atoms with E-state index >= 15 is 0 Å². The third kappa shape index (κ3) is 7.43. The minimum atomic E-state index is -0.191. The molecule has 2 aromatic carbocycles. The van der Waals surface area contributed by atoms with Gasteiger partial charge in [-0.05, 0) is 42.5 Å². The number of amides is 3. The number of rotatable bonds is 9. The molecule has 0 saturated heterocycles. The van der Waals surface area contributed by atoms with E-state index in [1.807, 2.05) is 42.5 Å². The molecular weight excluding hydrogens is 350 g/mol. The third-order valence-corrected chi connectivity index (χ3v) is 4.66. The molecule has 1 unspecified atom stereocenters. The summed E-state index contributed by atoms with van der Waals surface area (Å²) in [7, 11) is 3.49. The number of aryl methyl sites for hydroxylation is 1. The molecule has 0 aliphatic heterocycles. The lowest BCUT2D eigenvalue weighted by atomic mass is 10.0. The molecule has 0 aliphatic rings. The fourth-order valence-electron chi connectivity index (χ4n) is 3.01. The molecule has 0 saturated carbocycles. The standard InChI is InChI=1S/C23H31N3O2/c1-4-8-20(14-11-18-9-6-5-7-10-18)24-23(28)25-21-15-12-19(13-16-21)17-22(27)26(2)3/h5-7,9-10,12-13,15-16,20H,4,8,11,14,17H2,1-3H3,(H2,24,25,28). The number of nitrogens with zero attached hydrogens (tertiary/aromatic N) is 1. The zero-order valence-corrected chi connectivity index (χ0v) is 17.1. The molecule has 2 N–H and O–H groups in total. The van der Waals surface area contributed by atoms with E-state index in [1.165, 1.54) is 5.56 Å². The Balaban J connectivity index is 1.85. The maximum atomic E-state index is 12.4. The quantitative estimate of drug-likeness (QED) is 0.682. The zero-order chi connectivity index (χ0) is 20.4. The summed E-state index contributed by atoms with van der Waals surface area (Å²) in [5.41, 5.74) is 2.93. The third-order valence-electron chi connectivity index (χ3n) is 4.66. The summed E-state index contributed by atoms with van der Waals surface area (Å²) in [6.45, 7) is 2.13. The molecule has 5 nitrogen and oxygen atoms in total. The van der Waals surface area contributed by atoms with Crippen molar-refractivity contribution in [2.45, 2.75) is 45.1 Å². The summed E-state index contributed by atoms with van der Waals surface area (Å²) in [6, 6.07) is 17.7. The highest BCUT2D eigenvalue weighted by Crippen LogP contribution is 2.12. The van der Waals surface area contributed by atoms with Gasteiger partial charge < -0.3 is 15.5 Å². The van der Waals surface area contributed by atoms with Crippen molar-refractivity contribution in [3.05, 3.63) is 65.7 Å². The molecule has 0 radical (unpaired) electrons. The van der Waals surface area contributed by atoms with Gasteiger partial charge in [-0.3, -0.25) is 4.79 Å². The van der Waals surface area contributed by atoms with Crippen molar-refractivity contribution in [3.63, 3.8) is 0 Å². The Labute approximate surface area is 168 Å². The molecule has 0 fully saturated rings. The minimum absolute atomic E-state index is 0.0549. The number of hydrogen-bond acceptors (Lipinski definition) is 2. The molecule has 0 heterocycles. The van der Waals surface area contributed by atoms with Gasteiger partial charge in [0.1, 0.15) is 0 Å². The number of urea groups is 1. The van der Waals surface area contributed by atoms with E-state index in [1.54, 1.807) is 19.0 Å². The smallest absolute Gasteiger partial charge is 0.319 e. The Morgan fingerprint density at radius 3 is 2.21 bits per heavy atom. The van der Waals surface area contributed by atoms with Gasteiger partial charge in [0.2, 0.25) is 5.91 Å². The molecular formula is C23H31N3O2. The first-order valence-electron chi connectivity index (χ1n) is 9.88. The van der Waals surface area contributed by atoms with Crippen molar-refractivity contribution in [3.8, 4) is 0 Å². The van der Waals surface area contributed by atoms with Gasteiger partial charge in [-0.1, -0.05) is 55.8 Å². The van der Waals surface area contributed by atoms with Gasteiger partial charge in [-0.2, -0.15) is 0 Å². The largest absolute Gasteiger partial charge is 0.349 e. The second kappa shape index (κ2) is 11.1. The first kappa shape index (κ1) is 21.5. The summed E-state index contributed by atoms with van der Waals surface area (Å²) < 4.78 is 0. The first-order chi connectivity index (χ1) is 13.5. The van der Waals surface area contributed by atoms with E-state index in [0.29, 0.717) is 6.42 Å². The average molecular weight is 382 g/mol. The van der Waals surface area contributed by atoms with Gasteiger partial charge in [0.15, 0.2) is 0 Å². The Morgan fingerprint density at radius 2 is 1.61 bits per heavy atom. The van der Waals surface area contributed by atoms with Gasteiger partial charge in [0.25, 0.3) is 0 Å². The fourth-order valence-corrected chi connectivity index (χ4v) is 3.01. The Kier molecular flexibility index (Phi) is 8.53. The molecule has 5 heteroatoms. The fraction of sp³-hybridized carbons (Fsp3) is 0.391. The maximum absolute atomic E-state index is 12.4. The lowest BCUT2D eigenvalue weighted by Crippen LogP contribution is -2.38. The number of hydrogen-bond donors (Lipinski definition) is 2. The van der Waals surface area contributed by atoms with Crippen molar-refractivity contribution in [2.75, 3.05) is 19.4 Å². The van der Waals surface area contributed by atoms with Gasteiger partial charge in [0, 0.05) is 25.8 Å². The van der Waals surface area contributed by atoms with Crippen LogP contribution in [0.5, 0.6) is 0 Å². The van der Waals surface area contributed by atoms with Gasteiger partial charge >= 0.3 is 6.03 Å². The van der Waals surface area contributed by atoms with Crippen LogP contribution in [0.25, 0.3) is 0 Å². The monoisotopic (exact) mass is 381 g/mol. The van der Waals surface area contributed by atoms with E-state index in [-0.39, 0.29) is 18.0 Å². The van der Waals surface area contributed by atoms with Crippen LogP contribution in [0.4, 0.5) is 10.5 Å². The molecule has 0 spiro atoms. The highest BCUT2D eigenvalue weighted by atomic mass is 16.2. The van der Waals surface area contributed by atoms with Crippen LogP contribution in [-0.4, -0.2) is 37.0 Å². The normalized spacial score (nSPS) is 11.5. The van der Waals surface area contributed by atoms with Crippen LogP contribution in [0, 0.1) is 0 Å². The van der Waals surface area contributed by atoms with E-state index in [9.17, 15) is 9.59 Å². The van der Waals surface area contributed by atoms with Crippen LogP contribution >= 0.6 is 0 Å². The number of carbonyl (C=O) groups excluding carboxylic acids is 2. The minimum Gasteiger partial charge on any atom is -0.349 e. The highest BCUT2D eigenvalue weighted by Gasteiger charge is 2.12. The summed E-state index contributed by atoms with van der Waals surface area (Å²) in [4.78, 5) is 25.7. The maximum Gasteiger partial charge on any atom is 0.319 e. The van der Waals surface area contributed by atoms with Crippen molar-refractivity contribution in [2.24, 2.45) is 0 Å². The van der Waals surface area contributed by atoms with Gasteiger partial charge in [-0.25, -0.2) is 4.79 Å². The van der Waals surface area contributed by atoms with E-state index in [4.69, 9.17) is 0 Å². The van der Waals surface area contributed by atoms with Crippen molar-refractivity contribution >= 4 is 17.6 Å². The molecule has 150 valence electrons. The van der Waals surface area contributed by atoms with E-state index < -0.39 is 0 Å². The number of anilines is 1. The van der Waals surface area contributed by atoms with Gasteiger partial charge in [-0.15, -0.1) is 0 Å². The summed E-state index contributed by atoms with van der Waals surface area (Å²) in [5.74, 6) is 0.0549. The Hall–Kier alpha value is -2.82. The second-order valence-electron chi connectivity index (χ2n) is 7.27. The average Bonchev–Trinajstić information content (AvgIpc) is 2.68. The molecule has 2 rings (SSSR count). The van der Waals surface area contributed by atoms with Crippen LogP contribution in [0.2, 0.25) is 0 Å². The van der Waals surface area contributed by atoms with Crippen molar-refractivity contribution in [1.82, 2.24) is 10.2 Å². The number of carbonyl (C=O) groups is 2. The van der Waals surface area contributed by atoms with Crippen LogP contribution in [-0.2, 0) is 17.6 Å². The molecule has 3 amide bonds. The van der Waals surface area contributed by atoms with Crippen molar-refractivity contribution < 1.29 is 9.59 Å². The first-order valence-corrected chi connectivity index (χ1v) is 9.88. The topological polar surface area (TPSA) is 61.4 Å². The molecule has 0 aliphatic carbocycles. The molecule has 28 heavy (non-hydrogen) atoms. The Morgan fingerprint density at radius 1 is 0.929 bits per heavy atom. The van der Waals surface area contributed by atoms with E-state index in [2.05, 4.69) is 29.7 Å². The lowest BCUT2D eigenvalue weighted by Gasteiger charge is -2.19. The molecule has 1 atom stereocenters. The predicted octanol–water partition coefficient (Wildman–Crippen LogP) is 4.24. The SMILES string of the molecule is CCCC(CCc1ccccc1)NC(=O)Nc1ccc(CC(=O)N(C)C)cc1. The van der Waals surface area contributed by atoms with Gasteiger partial charge in [0.05, 0.1) is 6.42 Å². The second-order valence-corrected chi connectivity index (χ2v) is 7.27. The molecule has 0 aromatic heterocycles. The summed E-state index contributed by atoms with van der Waals surface area (Å²) >= 11 is 0. The van der Waals surface area contributed by atoms with Crippen LogP contribution < -0.4 is 10.6 Å². The number of likely N-dealkylation sites (N-methyl/N-ethyl adjacent to an activating group) is 1. The molecule has 0 bridgehead atoms. The lowest BCUT2D eigenvalue weighted by molar-refractivity contribution is -0.127. The van der Waals surface area contributed by atoms with Crippen LogP contribution in [0.15, 0.2) is 54.6 Å². The zero-order valence-electron chi connectivity index (χ0n) is 17.1. The Bertz CT molecular complexity index is 742. The molecule has 2 aromatic rings. The van der Waals surface area contributed by atoms with Crippen molar-refractivity contribution in [1.29, 1.82) is 0 Å². The summed E-state index contributed by atoms with van der Waals surface area (Å²) in [5, 5.41) is 5.97.